The fourth-order valence-electron chi connectivity index (χ4n) is 4.04. The molecule has 2 aliphatic heterocycles. The summed E-state index contributed by atoms with van der Waals surface area (Å²) in [4.78, 5) is 26.4. The van der Waals surface area contributed by atoms with Gasteiger partial charge in [-0.2, -0.15) is 4.31 Å². The number of nitrogens with one attached hydrogen (secondary N) is 1. The van der Waals surface area contributed by atoms with Crippen LogP contribution in [0, 0.1) is 5.92 Å². The van der Waals surface area contributed by atoms with E-state index >= 15 is 0 Å². The van der Waals surface area contributed by atoms with Crippen LogP contribution in [0.4, 0.5) is 10.5 Å². The predicted molar refractivity (Wildman–Crippen MR) is 111 cm³/mol. The topological polar surface area (TPSA) is 105 Å². The van der Waals surface area contributed by atoms with Gasteiger partial charge in [-0.05, 0) is 51.0 Å². The van der Waals surface area contributed by atoms with Crippen LogP contribution in [0.3, 0.4) is 0 Å². The van der Waals surface area contributed by atoms with Crippen LogP contribution in [0.15, 0.2) is 29.2 Å². The van der Waals surface area contributed by atoms with Gasteiger partial charge in [0.25, 0.3) is 0 Å². The Labute approximate surface area is 177 Å². The zero-order chi connectivity index (χ0) is 21.9. The third-order valence-corrected chi connectivity index (χ3v) is 7.46. The van der Waals surface area contributed by atoms with Crippen molar-refractivity contribution in [2.45, 2.75) is 43.7 Å². The lowest BCUT2D eigenvalue weighted by atomic mass is 9.96. The second-order valence-corrected chi connectivity index (χ2v) is 9.76. The average molecular weight is 440 g/mol. The first kappa shape index (κ1) is 22.5. The first-order valence-corrected chi connectivity index (χ1v) is 11.5. The van der Waals surface area contributed by atoms with Gasteiger partial charge in [-0.15, -0.1) is 0 Å². The smallest absolute Gasteiger partial charge is 0.411 e. The number of methoxy groups -OCH3 is 1. The summed E-state index contributed by atoms with van der Waals surface area (Å²) in [5.41, 5.74) is 0.433. The lowest BCUT2D eigenvalue weighted by Crippen LogP contribution is -2.56. The molecular weight excluding hydrogens is 410 g/mol. The Kier molecular flexibility index (Phi) is 6.99. The van der Waals surface area contributed by atoms with Crippen molar-refractivity contribution in [3.8, 4) is 0 Å². The van der Waals surface area contributed by atoms with Crippen LogP contribution in [0.1, 0.15) is 26.7 Å². The maximum absolute atomic E-state index is 13.2. The molecule has 30 heavy (non-hydrogen) atoms. The third kappa shape index (κ3) is 4.76. The lowest BCUT2D eigenvalue weighted by molar-refractivity contribution is -0.149. The van der Waals surface area contributed by atoms with E-state index in [1.165, 1.54) is 35.7 Å². The van der Waals surface area contributed by atoms with Gasteiger partial charge in [-0.1, -0.05) is 0 Å². The molecule has 9 nitrogen and oxygen atoms in total. The van der Waals surface area contributed by atoms with Gasteiger partial charge < -0.3 is 14.4 Å². The zero-order valence-electron chi connectivity index (χ0n) is 17.5. The molecular formula is C20H29N3O6S. The van der Waals surface area contributed by atoms with Crippen molar-refractivity contribution < 1.29 is 27.5 Å². The van der Waals surface area contributed by atoms with E-state index in [1.54, 1.807) is 0 Å². The van der Waals surface area contributed by atoms with Crippen molar-refractivity contribution in [2.75, 3.05) is 38.7 Å². The highest BCUT2D eigenvalue weighted by atomic mass is 32.2. The Hall–Kier alpha value is -2.17. The summed E-state index contributed by atoms with van der Waals surface area (Å²) in [6.07, 6.45) is 0.670. The highest BCUT2D eigenvalue weighted by Gasteiger charge is 2.38. The largest absolute Gasteiger partial charge is 0.453 e. The number of sulfonamides is 1. The molecule has 0 aromatic heterocycles. The summed E-state index contributed by atoms with van der Waals surface area (Å²) in [6, 6.07) is 5.85. The van der Waals surface area contributed by atoms with E-state index in [9.17, 15) is 18.0 Å². The quantitative estimate of drug-likeness (QED) is 0.768. The summed E-state index contributed by atoms with van der Waals surface area (Å²) in [6.45, 7) is 5.44. The molecule has 10 heteroatoms. The Morgan fingerprint density at radius 1 is 1.13 bits per heavy atom. The second kappa shape index (κ2) is 9.32. The van der Waals surface area contributed by atoms with Crippen LogP contribution in [0.25, 0.3) is 0 Å². The van der Waals surface area contributed by atoms with Crippen LogP contribution in [-0.4, -0.2) is 75.1 Å². The number of hydrogen-bond acceptors (Lipinski definition) is 6. The van der Waals surface area contributed by atoms with Crippen LogP contribution < -0.4 is 5.32 Å². The van der Waals surface area contributed by atoms with Gasteiger partial charge in [0.2, 0.25) is 15.9 Å². The zero-order valence-corrected chi connectivity index (χ0v) is 18.4. The second-order valence-electron chi connectivity index (χ2n) is 7.82. The molecule has 3 unspecified atom stereocenters. The number of nitrogens with zero attached hydrogens (tertiary/aromatic N) is 2. The number of hydrogen-bond donors (Lipinski definition) is 1. The SMILES string of the molecule is COC(=O)Nc1ccc(S(=O)(=O)N2CCCC(C(=O)N3C(C)COCC3C)C2)cc1. The minimum absolute atomic E-state index is 0.00386. The third-order valence-electron chi connectivity index (χ3n) is 5.58. The van der Waals surface area contributed by atoms with E-state index in [1.807, 2.05) is 18.7 Å². The number of rotatable bonds is 4. The van der Waals surface area contributed by atoms with Crippen LogP contribution in [0.5, 0.6) is 0 Å². The Bertz CT molecular complexity index is 863. The van der Waals surface area contributed by atoms with Gasteiger partial charge >= 0.3 is 6.09 Å². The maximum atomic E-state index is 13.2. The number of amides is 2. The Morgan fingerprint density at radius 3 is 2.37 bits per heavy atom. The highest BCUT2D eigenvalue weighted by molar-refractivity contribution is 7.89. The molecule has 2 amide bonds. The number of ether oxygens (including phenoxy) is 2. The van der Waals surface area contributed by atoms with Crippen molar-refractivity contribution in [2.24, 2.45) is 5.92 Å². The predicted octanol–water partition coefficient (Wildman–Crippen LogP) is 1.90. The van der Waals surface area contributed by atoms with Crippen molar-refractivity contribution in [1.29, 1.82) is 0 Å². The summed E-state index contributed by atoms with van der Waals surface area (Å²) < 4.78 is 37.7. The van der Waals surface area contributed by atoms with E-state index in [4.69, 9.17) is 4.74 Å². The van der Waals surface area contributed by atoms with Gasteiger partial charge in [0, 0.05) is 18.8 Å². The fourth-order valence-corrected chi connectivity index (χ4v) is 5.56. The molecule has 0 radical (unpaired) electrons. The number of benzene rings is 1. The minimum Gasteiger partial charge on any atom is -0.453 e. The molecule has 0 bridgehead atoms. The molecule has 2 heterocycles. The number of piperidine rings is 1. The molecule has 1 aromatic rings. The first-order valence-electron chi connectivity index (χ1n) is 10.1. The van der Waals surface area contributed by atoms with Gasteiger partial charge in [-0.3, -0.25) is 10.1 Å². The van der Waals surface area contributed by atoms with Crippen LogP contribution >= 0.6 is 0 Å². The van der Waals surface area contributed by atoms with Gasteiger partial charge in [0.1, 0.15) is 0 Å². The van der Waals surface area contributed by atoms with Crippen molar-refractivity contribution in [3.05, 3.63) is 24.3 Å². The van der Waals surface area contributed by atoms with Gasteiger partial charge in [0.05, 0.1) is 43.2 Å². The normalized spacial score (nSPS) is 25.6. The van der Waals surface area contributed by atoms with Crippen molar-refractivity contribution >= 4 is 27.7 Å². The lowest BCUT2D eigenvalue weighted by Gasteiger charge is -2.42. The first-order chi connectivity index (χ1) is 14.2. The van der Waals surface area contributed by atoms with Crippen molar-refractivity contribution in [1.82, 2.24) is 9.21 Å². The Balaban J connectivity index is 1.72. The molecule has 1 N–H and O–H groups in total. The fraction of sp³-hybridized carbons (Fsp3) is 0.600. The molecule has 3 atom stereocenters. The molecule has 2 aliphatic rings. The highest BCUT2D eigenvalue weighted by Crippen LogP contribution is 2.27. The Morgan fingerprint density at radius 2 is 1.77 bits per heavy atom. The maximum Gasteiger partial charge on any atom is 0.411 e. The van der Waals surface area contributed by atoms with E-state index in [2.05, 4.69) is 10.1 Å². The van der Waals surface area contributed by atoms with E-state index in [0.717, 1.165) is 0 Å². The van der Waals surface area contributed by atoms with Gasteiger partial charge in [0.15, 0.2) is 0 Å². The molecule has 166 valence electrons. The number of anilines is 1. The molecule has 3 rings (SSSR count). The van der Waals surface area contributed by atoms with E-state index < -0.39 is 16.1 Å². The van der Waals surface area contributed by atoms with E-state index in [-0.39, 0.29) is 35.3 Å². The van der Waals surface area contributed by atoms with Crippen molar-refractivity contribution in [3.63, 3.8) is 0 Å². The molecule has 2 saturated heterocycles. The number of carbonyl (C=O) groups excluding carboxylic acids is 2. The average Bonchev–Trinajstić information content (AvgIpc) is 2.74. The summed E-state index contributed by atoms with van der Waals surface area (Å²) in [7, 11) is -2.49. The molecule has 1 aromatic carbocycles. The number of carbonyl (C=O) groups is 2. The minimum atomic E-state index is -3.74. The molecule has 0 aliphatic carbocycles. The molecule has 0 saturated carbocycles. The standard InChI is InChI=1S/C20H29N3O6S/c1-14-12-29-13-15(2)23(14)19(24)16-5-4-10-22(11-16)30(26,27)18-8-6-17(7-9-18)21-20(25)28-3/h6-9,14-16H,4-5,10-13H2,1-3H3,(H,21,25). The van der Waals surface area contributed by atoms with Crippen LogP contribution in [0.2, 0.25) is 0 Å². The number of morpholine rings is 1. The summed E-state index contributed by atoms with van der Waals surface area (Å²) in [5.74, 6) is -0.368. The van der Waals surface area contributed by atoms with Gasteiger partial charge in [-0.25, -0.2) is 13.2 Å². The van der Waals surface area contributed by atoms with Crippen LogP contribution in [-0.2, 0) is 24.3 Å². The molecule has 0 spiro atoms. The van der Waals surface area contributed by atoms with E-state index in [0.29, 0.717) is 38.3 Å². The monoisotopic (exact) mass is 439 g/mol. The molecule has 2 fully saturated rings. The summed E-state index contributed by atoms with van der Waals surface area (Å²) >= 11 is 0. The summed E-state index contributed by atoms with van der Waals surface area (Å²) in [5, 5.41) is 2.49.